The summed E-state index contributed by atoms with van der Waals surface area (Å²) in [5.74, 6) is 0.226. The van der Waals surface area contributed by atoms with Gasteiger partial charge in [-0.05, 0) is 30.3 Å². The number of nitrogens with zero attached hydrogens (tertiary/aromatic N) is 3. The second-order valence-corrected chi connectivity index (χ2v) is 6.20. The third-order valence-electron chi connectivity index (χ3n) is 3.72. The zero-order valence-electron chi connectivity index (χ0n) is 12.9. The van der Waals surface area contributed by atoms with Crippen LogP contribution in [0, 0.1) is 5.82 Å². The standard InChI is InChI=1S/C17H16BrFN4O/c1-2-8-22-9-10-23(15-4-3-7-20-16(15)22)17(24)21-14-6-5-12(18)11-13(14)19/h2-7,11H,1,8-10H2,(H,21,24). The smallest absolute Gasteiger partial charge is 0.326 e. The van der Waals surface area contributed by atoms with Crippen molar-refractivity contribution in [2.75, 3.05) is 34.8 Å². The van der Waals surface area contributed by atoms with E-state index in [0.717, 1.165) is 5.82 Å². The van der Waals surface area contributed by atoms with Gasteiger partial charge in [-0.1, -0.05) is 22.0 Å². The third-order valence-corrected chi connectivity index (χ3v) is 4.21. The lowest BCUT2D eigenvalue weighted by Gasteiger charge is -2.36. The van der Waals surface area contributed by atoms with Gasteiger partial charge in [-0.25, -0.2) is 14.2 Å². The van der Waals surface area contributed by atoms with Gasteiger partial charge in [-0.2, -0.15) is 0 Å². The Morgan fingerprint density at radius 3 is 3.00 bits per heavy atom. The Balaban J connectivity index is 1.85. The topological polar surface area (TPSA) is 48.5 Å². The van der Waals surface area contributed by atoms with Crippen LogP contribution in [0.2, 0.25) is 0 Å². The fourth-order valence-electron chi connectivity index (χ4n) is 2.61. The van der Waals surface area contributed by atoms with Gasteiger partial charge in [-0.3, -0.25) is 4.90 Å². The van der Waals surface area contributed by atoms with E-state index in [1.807, 2.05) is 11.0 Å². The SMILES string of the molecule is C=CCN1CCN(C(=O)Nc2ccc(Br)cc2F)c2cccnc21. The van der Waals surface area contributed by atoms with Crippen molar-refractivity contribution in [1.82, 2.24) is 4.98 Å². The van der Waals surface area contributed by atoms with Crippen LogP contribution in [0.25, 0.3) is 0 Å². The van der Waals surface area contributed by atoms with Crippen molar-refractivity contribution < 1.29 is 9.18 Å². The molecule has 2 heterocycles. The summed E-state index contributed by atoms with van der Waals surface area (Å²) in [4.78, 5) is 20.6. The maximum Gasteiger partial charge on any atom is 0.326 e. The Hall–Kier alpha value is -2.41. The van der Waals surface area contributed by atoms with Crippen molar-refractivity contribution in [3.05, 3.63) is 59.5 Å². The van der Waals surface area contributed by atoms with E-state index < -0.39 is 5.82 Å². The Bertz CT molecular complexity index is 783. The molecule has 1 N–H and O–H groups in total. The van der Waals surface area contributed by atoms with Crippen molar-refractivity contribution in [2.45, 2.75) is 0 Å². The molecule has 1 aromatic carbocycles. The summed E-state index contributed by atoms with van der Waals surface area (Å²) in [6.45, 7) is 5.51. The van der Waals surface area contributed by atoms with Gasteiger partial charge < -0.3 is 10.2 Å². The zero-order chi connectivity index (χ0) is 17.1. The number of halogens is 2. The minimum absolute atomic E-state index is 0.141. The van der Waals surface area contributed by atoms with Crippen LogP contribution in [0.5, 0.6) is 0 Å². The summed E-state index contributed by atoms with van der Waals surface area (Å²) in [6.07, 6.45) is 3.48. The molecule has 1 aromatic heterocycles. The van der Waals surface area contributed by atoms with Crippen molar-refractivity contribution in [2.24, 2.45) is 0 Å². The lowest BCUT2D eigenvalue weighted by atomic mass is 10.2. The fourth-order valence-corrected chi connectivity index (χ4v) is 2.94. The molecular weight excluding hydrogens is 375 g/mol. The largest absolute Gasteiger partial charge is 0.349 e. The van der Waals surface area contributed by atoms with E-state index in [1.165, 1.54) is 12.1 Å². The highest BCUT2D eigenvalue weighted by Crippen LogP contribution is 2.31. The molecular formula is C17H16BrFN4O. The highest BCUT2D eigenvalue weighted by Gasteiger charge is 2.27. The summed E-state index contributed by atoms with van der Waals surface area (Å²) in [7, 11) is 0. The monoisotopic (exact) mass is 390 g/mol. The average molecular weight is 391 g/mol. The van der Waals surface area contributed by atoms with Crippen molar-refractivity contribution in [1.29, 1.82) is 0 Å². The molecule has 124 valence electrons. The number of rotatable bonds is 3. The van der Waals surface area contributed by atoms with Gasteiger partial charge in [0.25, 0.3) is 0 Å². The van der Waals surface area contributed by atoms with E-state index in [0.29, 0.717) is 29.8 Å². The molecule has 1 aliphatic heterocycles. The van der Waals surface area contributed by atoms with Crippen molar-refractivity contribution in [3.8, 4) is 0 Å². The highest BCUT2D eigenvalue weighted by molar-refractivity contribution is 9.10. The Labute approximate surface area is 147 Å². The predicted molar refractivity (Wildman–Crippen MR) is 97.1 cm³/mol. The number of aromatic nitrogens is 1. The van der Waals surface area contributed by atoms with Crippen LogP contribution in [-0.4, -0.2) is 30.6 Å². The third kappa shape index (κ3) is 3.26. The van der Waals surface area contributed by atoms with Gasteiger partial charge in [-0.15, -0.1) is 6.58 Å². The van der Waals surface area contributed by atoms with E-state index in [1.54, 1.807) is 29.3 Å². The van der Waals surface area contributed by atoms with Gasteiger partial charge in [0.05, 0.1) is 11.4 Å². The zero-order valence-corrected chi connectivity index (χ0v) is 14.5. The molecule has 0 fully saturated rings. The molecule has 0 saturated heterocycles. The molecule has 5 nitrogen and oxygen atoms in total. The number of anilines is 3. The van der Waals surface area contributed by atoms with Gasteiger partial charge in [0.1, 0.15) is 5.82 Å². The number of carbonyl (C=O) groups excluding carboxylic acids is 1. The second-order valence-electron chi connectivity index (χ2n) is 5.29. The number of urea groups is 1. The number of fused-ring (bicyclic) bond motifs is 1. The number of hydrogen-bond acceptors (Lipinski definition) is 3. The molecule has 0 aliphatic carbocycles. The van der Waals surface area contributed by atoms with E-state index >= 15 is 0 Å². The second kappa shape index (κ2) is 7.00. The van der Waals surface area contributed by atoms with E-state index in [-0.39, 0.29) is 11.7 Å². The van der Waals surface area contributed by atoms with Crippen LogP contribution in [0.4, 0.5) is 26.4 Å². The number of pyridine rings is 1. The fraction of sp³-hybridized carbons (Fsp3) is 0.176. The molecule has 1 aliphatic rings. The summed E-state index contributed by atoms with van der Waals surface area (Å²) in [5, 5.41) is 2.62. The Morgan fingerprint density at radius 1 is 1.42 bits per heavy atom. The highest BCUT2D eigenvalue weighted by atomic mass is 79.9. The van der Waals surface area contributed by atoms with Crippen LogP contribution < -0.4 is 15.1 Å². The first-order chi connectivity index (χ1) is 11.6. The average Bonchev–Trinajstić information content (AvgIpc) is 2.58. The lowest BCUT2D eigenvalue weighted by Crippen LogP contribution is -2.46. The molecule has 7 heteroatoms. The summed E-state index contributed by atoms with van der Waals surface area (Å²) < 4.78 is 14.6. The van der Waals surface area contributed by atoms with Crippen LogP contribution in [0.1, 0.15) is 0 Å². The Morgan fingerprint density at radius 2 is 2.25 bits per heavy atom. The molecule has 0 bridgehead atoms. The number of carbonyl (C=O) groups is 1. The van der Waals surface area contributed by atoms with Crippen LogP contribution >= 0.6 is 15.9 Å². The van der Waals surface area contributed by atoms with Crippen molar-refractivity contribution in [3.63, 3.8) is 0 Å². The van der Waals surface area contributed by atoms with E-state index in [4.69, 9.17) is 0 Å². The number of hydrogen-bond donors (Lipinski definition) is 1. The maximum absolute atomic E-state index is 13.9. The van der Waals surface area contributed by atoms with E-state index in [9.17, 15) is 9.18 Å². The molecule has 2 aromatic rings. The molecule has 0 atom stereocenters. The molecule has 0 saturated carbocycles. The van der Waals surface area contributed by atoms with Gasteiger partial charge >= 0.3 is 6.03 Å². The maximum atomic E-state index is 13.9. The van der Waals surface area contributed by atoms with Crippen LogP contribution in [0.3, 0.4) is 0 Å². The molecule has 0 radical (unpaired) electrons. The minimum Gasteiger partial charge on any atom is -0.349 e. The van der Waals surface area contributed by atoms with Crippen LogP contribution in [0.15, 0.2) is 53.7 Å². The summed E-state index contributed by atoms with van der Waals surface area (Å²) >= 11 is 3.20. The first kappa shape index (κ1) is 16.4. The summed E-state index contributed by atoms with van der Waals surface area (Å²) in [5.41, 5.74) is 0.836. The van der Waals surface area contributed by atoms with Crippen LogP contribution in [-0.2, 0) is 0 Å². The normalized spacial score (nSPS) is 13.4. The van der Waals surface area contributed by atoms with Gasteiger partial charge in [0.15, 0.2) is 5.82 Å². The lowest BCUT2D eigenvalue weighted by molar-refractivity contribution is 0.256. The molecule has 0 spiro atoms. The number of nitrogens with one attached hydrogen (secondary N) is 1. The van der Waals surface area contributed by atoms with E-state index in [2.05, 4.69) is 32.8 Å². The van der Waals surface area contributed by atoms with Crippen molar-refractivity contribution >= 4 is 39.2 Å². The quantitative estimate of drug-likeness (QED) is 0.804. The molecule has 24 heavy (non-hydrogen) atoms. The minimum atomic E-state index is -0.491. The van der Waals surface area contributed by atoms with Gasteiger partial charge in [0.2, 0.25) is 0 Å². The molecule has 0 unspecified atom stereocenters. The first-order valence-corrected chi connectivity index (χ1v) is 8.24. The molecule has 2 amide bonds. The summed E-state index contributed by atoms with van der Waals surface area (Å²) in [6, 6.07) is 7.73. The molecule has 3 rings (SSSR count). The predicted octanol–water partition coefficient (Wildman–Crippen LogP) is 4.03. The first-order valence-electron chi connectivity index (χ1n) is 7.44. The van der Waals surface area contributed by atoms with Gasteiger partial charge in [0, 0.05) is 30.3 Å². The number of amides is 2. The Kier molecular flexibility index (Phi) is 4.80. The number of benzene rings is 1.